The molecule has 1 amide bonds. The molecular weight excluding hydrogens is 358 g/mol. The van der Waals surface area contributed by atoms with E-state index >= 15 is 0 Å². The molecule has 1 aliphatic heterocycles. The number of amides is 1. The molecule has 28 heavy (non-hydrogen) atoms. The summed E-state index contributed by atoms with van der Waals surface area (Å²) >= 11 is 0. The molecule has 0 spiro atoms. The minimum Gasteiger partial charge on any atom is -0.496 e. The first-order valence-corrected chi connectivity index (χ1v) is 9.09. The first-order valence-electron chi connectivity index (χ1n) is 9.09. The van der Waals surface area contributed by atoms with Crippen molar-refractivity contribution in [1.82, 2.24) is 20.0 Å². The van der Waals surface area contributed by atoms with Crippen LogP contribution in [0.1, 0.15) is 16.2 Å². The van der Waals surface area contributed by atoms with Gasteiger partial charge in [0.2, 0.25) is 11.7 Å². The molecule has 0 unspecified atom stereocenters. The molecule has 1 aromatic carbocycles. The van der Waals surface area contributed by atoms with Crippen molar-refractivity contribution in [3.05, 3.63) is 54.0 Å². The van der Waals surface area contributed by atoms with Gasteiger partial charge in [-0.25, -0.2) is 4.98 Å². The first kappa shape index (κ1) is 18.0. The van der Waals surface area contributed by atoms with Crippen LogP contribution in [0.2, 0.25) is 0 Å². The van der Waals surface area contributed by atoms with Gasteiger partial charge in [0.15, 0.2) is 0 Å². The summed E-state index contributed by atoms with van der Waals surface area (Å²) in [6, 6.07) is 11.2. The number of hydrogen-bond acceptors (Lipinski definition) is 7. The Morgan fingerprint density at radius 2 is 1.89 bits per heavy atom. The summed E-state index contributed by atoms with van der Waals surface area (Å²) in [5, 5.41) is 3.91. The molecule has 3 heterocycles. The van der Waals surface area contributed by atoms with E-state index in [2.05, 4.69) is 20.0 Å². The summed E-state index contributed by atoms with van der Waals surface area (Å²) in [5.41, 5.74) is 1.40. The maximum absolute atomic E-state index is 12.8. The van der Waals surface area contributed by atoms with Crippen LogP contribution >= 0.6 is 0 Å². The van der Waals surface area contributed by atoms with Gasteiger partial charge in [0.05, 0.1) is 12.7 Å². The van der Waals surface area contributed by atoms with Crippen molar-refractivity contribution in [1.29, 1.82) is 0 Å². The number of methoxy groups -OCH3 is 1. The van der Waals surface area contributed by atoms with E-state index < -0.39 is 0 Å². The number of rotatable bonds is 4. The van der Waals surface area contributed by atoms with Gasteiger partial charge in [-0.05, 0) is 24.3 Å². The molecule has 4 rings (SSSR count). The van der Waals surface area contributed by atoms with Crippen LogP contribution in [0.4, 0.5) is 5.82 Å². The third kappa shape index (κ3) is 3.53. The third-order valence-corrected chi connectivity index (χ3v) is 4.76. The van der Waals surface area contributed by atoms with Crippen molar-refractivity contribution in [2.24, 2.45) is 0 Å². The number of nitrogens with zero attached hydrogens (tertiary/aromatic N) is 5. The number of hydrogen-bond donors (Lipinski definition) is 0. The molecule has 0 radical (unpaired) electrons. The molecule has 0 N–H and O–H groups in total. The van der Waals surface area contributed by atoms with Gasteiger partial charge in [-0.1, -0.05) is 17.3 Å². The number of anilines is 1. The van der Waals surface area contributed by atoms with E-state index in [1.165, 1.54) is 0 Å². The first-order chi connectivity index (χ1) is 13.7. The fraction of sp³-hybridized carbons (Fsp3) is 0.300. The van der Waals surface area contributed by atoms with Gasteiger partial charge >= 0.3 is 0 Å². The zero-order chi connectivity index (χ0) is 19.5. The molecule has 8 nitrogen and oxygen atoms in total. The monoisotopic (exact) mass is 379 g/mol. The zero-order valence-corrected chi connectivity index (χ0v) is 15.8. The standard InChI is InChI=1S/C20H21N5O3/c1-14-22-19(23-28-14)15-7-8-18(21-13-15)24-9-11-25(12-10-24)20(26)16-5-3-4-6-17(16)27-2/h3-8,13H,9-12H2,1-2H3. The van der Waals surface area contributed by atoms with Crippen LogP contribution in [0.5, 0.6) is 5.75 Å². The summed E-state index contributed by atoms with van der Waals surface area (Å²) in [6.45, 7) is 4.45. The molecule has 3 aromatic rings. The molecule has 0 atom stereocenters. The van der Waals surface area contributed by atoms with E-state index in [0.717, 1.165) is 11.4 Å². The number of benzene rings is 1. The molecule has 0 saturated carbocycles. The average molecular weight is 379 g/mol. The molecule has 2 aromatic heterocycles. The summed E-state index contributed by atoms with van der Waals surface area (Å²) in [5.74, 6) is 2.52. The van der Waals surface area contributed by atoms with Gasteiger partial charge in [0, 0.05) is 44.9 Å². The quantitative estimate of drug-likeness (QED) is 0.688. The second-order valence-corrected chi connectivity index (χ2v) is 6.52. The lowest BCUT2D eigenvalue weighted by atomic mass is 10.1. The molecule has 1 aliphatic rings. The van der Waals surface area contributed by atoms with Crippen LogP contribution in [0.15, 0.2) is 47.1 Å². The van der Waals surface area contributed by atoms with Gasteiger partial charge in [0.1, 0.15) is 11.6 Å². The zero-order valence-electron chi connectivity index (χ0n) is 15.8. The lowest BCUT2D eigenvalue weighted by molar-refractivity contribution is 0.0743. The highest BCUT2D eigenvalue weighted by atomic mass is 16.5. The Balaban J connectivity index is 1.40. The number of aryl methyl sites for hydroxylation is 1. The Morgan fingerprint density at radius 3 is 2.54 bits per heavy atom. The highest BCUT2D eigenvalue weighted by Gasteiger charge is 2.24. The van der Waals surface area contributed by atoms with Gasteiger partial charge < -0.3 is 19.1 Å². The number of piperazine rings is 1. The smallest absolute Gasteiger partial charge is 0.257 e. The summed E-state index contributed by atoms with van der Waals surface area (Å²) < 4.78 is 10.3. The van der Waals surface area contributed by atoms with Crippen LogP contribution in [0.25, 0.3) is 11.4 Å². The summed E-state index contributed by atoms with van der Waals surface area (Å²) in [6.07, 6.45) is 1.74. The highest BCUT2D eigenvalue weighted by Crippen LogP contribution is 2.22. The average Bonchev–Trinajstić information content (AvgIpc) is 3.20. The minimum atomic E-state index is -0.00659. The van der Waals surface area contributed by atoms with Crippen molar-refractivity contribution in [3.8, 4) is 17.1 Å². The number of aromatic nitrogens is 3. The van der Waals surface area contributed by atoms with E-state index in [4.69, 9.17) is 9.26 Å². The van der Waals surface area contributed by atoms with Gasteiger partial charge in [-0.2, -0.15) is 4.98 Å². The topological polar surface area (TPSA) is 84.6 Å². The van der Waals surface area contributed by atoms with Crippen LogP contribution in [0.3, 0.4) is 0 Å². The third-order valence-electron chi connectivity index (χ3n) is 4.76. The number of para-hydroxylation sites is 1. The normalized spacial score (nSPS) is 14.2. The predicted octanol–water partition coefficient (Wildman–Crippen LogP) is 2.41. The Kier molecular flexibility index (Phi) is 4.92. The molecule has 1 fully saturated rings. The number of pyridine rings is 1. The molecule has 1 saturated heterocycles. The fourth-order valence-corrected chi connectivity index (χ4v) is 3.25. The maximum Gasteiger partial charge on any atom is 0.257 e. The molecule has 8 heteroatoms. The van der Waals surface area contributed by atoms with Gasteiger partial charge in [-0.15, -0.1) is 0 Å². The van der Waals surface area contributed by atoms with Crippen molar-refractivity contribution in [3.63, 3.8) is 0 Å². The summed E-state index contributed by atoms with van der Waals surface area (Å²) in [4.78, 5) is 25.6. The van der Waals surface area contributed by atoms with Gasteiger partial charge in [-0.3, -0.25) is 4.79 Å². The number of carbonyl (C=O) groups excluding carboxylic acids is 1. The largest absolute Gasteiger partial charge is 0.496 e. The van der Waals surface area contributed by atoms with Crippen LogP contribution in [-0.4, -0.2) is 59.2 Å². The van der Waals surface area contributed by atoms with E-state index in [9.17, 15) is 4.79 Å². The van der Waals surface area contributed by atoms with Crippen molar-refractivity contribution < 1.29 is 14.1 Å². The molecule has 144 valence electrons. The van der Waals surface area contributed by atoms with E-state index in [-0.39, 0.29) is 5.91 Å². The van der Waals surface area contributed by atoms with Crippen LogP contribution in [0, 0.1) is 6.92 Å². The Hall–Kier alpha value is -3.42. The SMILES string of the molecule is COc1ccccc1C(=O)N1CCN(c2ccc(-c3noc(C)n3)cn2)CC1. The van der Waals surface area contributed by atoms with E-state index in [0.29, 0.717) is 49.2 Å². The minimum absolute atomic E-state index is 0.00659. The van der Waals surface area contributed by atoms with Crippen molar-refractivity contribution >= 4 is 11.7 Å². The molecule has 0 bridgehead atoms. The highest BCUT2D eigenvalue weighted by molar-refractivity contribution is 5.97. The summed E-state index contributed by atoms with van der Waals surface area (Å²) in [7, 11) is 1.58. The second-order valence-electron chi connectivity index (χ2n) is 6.52. The predicted molar refractivity (Wildman–Crippen MR) is 103 cm³/mol. The van der Waals surface area contributed by atoms with Crippen molar-refractivity contribution in [2.75, 3.05) is 38.2 Å². The number of carbonyl (C=O) groups is 1. The van der Waals surface area contributed by atoms with Crippen molar-refractivity contribution in [2.45, 2.75) is 6.92 Å². The van der Waals surface area contributed by atoms with Gasteiger partial charge in [0.25, 0.3) is 5.91 Å². The molecular formula is C20H21N5O3. The van der Waals surface area contributed by atoms with E-state index in [1.54, 1.807) is 32.4 Å². The molecule has 0 aliphatic carbocycles. The van der Waals surface area contributed by atoms with Crippen LogP contribution in [-0.2, 0) is 0 Å². The second kappa shape index (κ2) is 7.67. The maximum atomic E-state index is 12.8. The number of ether oxygens (including phenoxy) is 1. The van der Waals surface area contributed by atoms with E-state index in [1.807, 2.05) is 29.2 Å². The Bertz CT molecular complexity index is 962. The van der Waals surface area contributed by atoms with Crippen LogP contribution < -0.4 is 9.64 Å². The Morgan fingerprint density at radius 1 is 1.11 bits per heavy atom. The lowest BCUT2D eigenvalue weighted by Crippen LogP contribution is -2.49. The lowest BCUT2D eigenvalue weighted by Gasteiger charge is -2.35. The Labute approximate surface area is 162 Å². The fourth-order valence-electron chi connectivity index (χ4n) is 3.25.